The Kier molecular flexibility index (Phi) is 6.31. The van der Waals surface area contributed by atoms with Crippen molar-refractivity contribution in [3.63, 3.8) is 0 Å². The molecule has 186 valence electrons. The number of fused-ring (bicyclic) bond motifs is 1. The van der Waals surface area contributed by atoms with Crippen LogP contribution in [0.15, 0.2) is 89.8 Å². The molecule has 1 atom stereocenters. The van der Waals surface area contributed by atoms with Crippen LogP contribution in [0.2, 0.25) is 0 Å². The Labute approximate surface area is 215 Å². The maximum Gasteiger partial charge on any atom is 0.233 e. The predicted molar refractivity (Wildman–Crippen MR) is 147 cm³/mol. The fraction of sp³-hybridized carbons (Fsp3) is 0.172. The highest BCUT2D eigenvalue weighted by Crippen LogP contribution is 2.34. The number of dihydropyridines is 1. The fourth-order valence-corrected chi connectivity index (χ4v) is 4.40. The molecule has 3 heterocycles. The summed E-state index contributed by atoms with van der Waals surface area (Å²) in [5.74, 6) is 0.770. The first kappa shape index (κ1) is 24.0. The third kappa shape index (κ3) is 4.86. The second kappa shape index (κ2) is 9.73. The molecule has 37 heavy (non-hydrogen) atoms. The molecule has 3 N–H and O–H groups in total. The van der Waals surface area contributed by atoms with Crippen molar-refractivity contribution in [3.05, 3.63) is 96.1 Å². The van der Waals surface area contributed by atoms with Gasteiger partial charge >= 0.3 is 0 Å². The largest absolute Gasteiger partial charge is 0.457 e. The van der Waals surface area contributed by atoms with Crippen LogP contribution < -0.4 is 20.7 Å². The molecule has 0 aliphatic carbocycles. The number of hydrogen-bond acceptors (Lipinski definition) is 7. The summed E-state index contributed by atoms with van der Waals surface area (Å²) in [6.07, 6.45) is 7.02. The van der Waals surface area contributed by atoms with Crippen LogP contribution in [0.3, 0.4) is 0 Å². The van der Waals surface area contributed by atoms with Gasteiger partial charge in [0.1, 0.15) is 16.9 Å². The van der Waals surface area contributed by atoms with Gasteiger partial charge < -0.3 is 20.7 Å². The first-order valence-corrected chi connectivity index (χ1v) is 11.9. The number of amides is 1. The number of aromatic nitrogens is 2. The van der Waals surface area contributed by atoms with E-state index in [1.54, 1.807) is 24.7 Å². The van der Waals surface area contributed by atoms with Crippen LogP contribution in [0.5, 0.6) is 11.5 Å². The van der Waals surface area contributed by atoms with Crippen LogP contribution >= 0.6 is 0 Å². The monoisotopic (exact) mass is 492 g/mol. The van der Waals surface area contributed by atoms with Crippen molar-refractivity contribution in [2.45, 2.75) is 12.3 Å². The van der Waals surface area contributed by atoms with Crippen molar-refractivity contribution in [1.29, 1.82) is 0 Å². The third-order valence-corrected chi connectivity index (χ3v) is 6.39. The molecule has 8 nitrogen and oxygen atoms in total. The van der Waals surface area contributed by atoms with E-state index in [9.17, 15) is 4.79 Å². The minimum atomic E-state index is -1.14. The van der Waals surface area contributed by atoms with Crippen molar-refractivity contribution >= 4 is 34.4 Å². The lowest BCUT2D eigenvalue weighted by Crippen LogP contribution is -2.44. The minimum absolute atomic E-state index is 0.202. The number of primary amides is 1. The molecule has 0 radical (unpaired) electrons. The Morgan fingerprint density at radius 3 is 2.62 bits per heavy atom. The molecule has 0 fully saturated rings. The molecule has 0 saturated carbocycles. The number of carbonyl (C=O) groups is 1. The molecular weight excluding hydrogens is 464 g/mol. The van der Waals surface area contributed by atoms with Crippen molar-refractivity contribution in [3.8, 4) is 11.5 Å². The molecule has 1 unspecified atom stereocenters. The highest BCUT2D eigenvalue weighted by atomic mass is 16.5. The van der Waals surface area contributed by atoms with Crippen LogP contribution in [0.1, 0.15) is 11.3 Å². The molecule has 5 rings (SSSR count). The van der Waals surface area contributed by atoms with Crippen LogP contribution in [0, 0.1) is 6.92 Å². The topological polar surface area (TPSA) is 106 Å². The van der Waals surface area contributed by atoms with Crippen molar-refractivity contribution in [2.24, 2.45) is 10.7 Å². The van der Waals surface area contributed by atoms with Crippen LogP contribution in [-0.2, 0) is 10.2 Å². The Hall–Kier alpha value is -4.72. The van der Waals surface area contributed by atoms with Gasteiger partial charge in [-0.1, -0.05) is 12.1 Å². The third-order valence-electron chi connectivity index (χ3n) is 6.39. The maximum absolute atomic E-state index is 12.9. The first-order chi connectivity index (χ1) is 17.8. The average molecular weight is 493 g/mol. The van der Waals surface area contributed by atoms with Gasteiger partial charge in [0.15, 0.2) is 0 Å². The number of nitrogens with one attached hydrogen (secondary N) is 1. The van der Waals surface area contributed by atoms with Gasteiger partial charge in [-0.2, -0.15) is 0 Å². The van der Waals surface area contributed by atoms with Gasteiger partial charge in [0.05, 0.1) is 17.8 Å². The summed E-state index contributed by atoms with van der Waals surface area (Å²) in [6.45, 7) is 2.10. The van der Waals surface area contributed by atoms with E-state index in [-0.39, 0.29) is 6.54 Å². The highest BCUT2D eigenvalue weighted by Gasteiger charge is 2.38. The number of nitrogens with zero attached hydrogens (tertiary/aromatic N) is 4. The number of hydrogen-bond donors (Lipinski definition) is 2. The minimum Gasteiger partial charge on any atom is -0.457 e. The second-order valence-electron chi connectivity index (χ2n) is 9.25. The van der Waals surface area contributed by atoms with E-state index in [2.05, 4.69) is 26.3 Å². The van der Waals surface area contributed by atoms with E-state index in [1.165, 1.54) is 0 Å². The summed E-state index contributed by atoms with van der Waals surface area (Å²) in [7, 11) is 3.99. The summed E-state index contributed by atoms with van der Waals surface area (Å²) >= 11 is 0. The normalized spacial score (nSPS) is 16.8. The summed E-state index contributed by atoms with van der Waals surface area (Å²) in [5, 5.41) is 4.40. The van der Waals surface area contributed by atoms with Gasteiger partial charge in [0, 0.05) is 61.2 Å². The molecule has 0 bridgehead atoms. The standard InChI is InChI=1S/C29H28N6O2/c1-19-13-24(9-11-32-19)37-23-6-4-5-20(14-23)29(28(30)36)16-21(17-31-18-29)34-27-10-12-33-26-8-7-22(35(2)3)15-25(26)27/h4-17H,18H2,1-3H3,(H2,30,36)(H,33,34). The van der Waals surface area contributed by atoms with E-state index in [0.29, 0.717) is 22.8 Å². The van der Waals surface area contributed by atoms with Crippen molar-refractivity contribution in [1.82, 2.24) is 9.97 Å². The average Bonchev–Trinajstić information content (AvgIpc) is 2.89. The van der Waals surface area contributed by atoms with Gasteiger partial charge in [-0.3, -0.25) is 19.8 Å². The number of rotatable bonds is 7. The summed E-state index contributed by atoms with van der Waals surface area (Å²) in [5.41, 5.74) is 9.87. The van der Waals surface area contributed by atoms with Gasteiger partial charge in [-0.15, -0.1) is 0 Å². The lowest BCUT2D eigenvalue weighted by Gasteiger charge is -2.30. The second-order valence-corrected chi connectivity index (χ2v) is 9.25. The highest BCUT2D eigenvalue weighted by molar-refractivity contribution is 5.99. The summed E-state index contributed by atoms with van der Waals surface area (Å²) < 4.78 is 6.04. The van der Waals surface area contributed by atoms with E-state index in [1.807, 2.05) is 80.5 Å². The zero-order chi connectivity index (χ0) is 26.0. The Morgan fingerprint density at radius 1 is 1.03 bits per heavy atom. The zero-order valence-corrected chi connectivity index (χ0v) is 21.0. The number of anilines is 2. The van der Waals surface area contributed by atoms with Crippen LogP contribution in [0.25, 0.3) is 10.9 Å². The molecule has 0 saturated heterocycles. The Bertz CT molecular complexity index is 1540. The smallest absolute Gasteiger partial charge is 0.233 e. The van der Waals surface area contributed by atoms with Crippen LogP contribution in [0.4, 0.5) is 11.4 Å². The quantitative estimate of drug-likeness (QED) is 0.391. The number of allylic oxidation sites excluding steroid dienone is 1. The van der Waals surface area contributed by atoms with Gasteiger partial charge in [0.25, 0.3) is 0 Å². The molecule has 8 heteroatoms. The molecule has 2 aromatic heterocycles. The van der Waals surface area contributed by atoms with E-state index < -0.39 is 11.3 Å². The number of benzene rings is 2. The molecule has 1 aliphatic rings. The SMILES string of the molecule is Cc1cc(Oc2cccc(C3(C(N)=O)C=C(Nc4ccnc5ccc(N(C)C)cc45)C=NC3)c2)ccn1. The number of aryl methyl sites for hydroxylation is 1. The number of pyridine rings is 2. The molecule has 1 aliphatic heterocycles. The van der Waals surface area contributed by atoms with Crippen molar-refractivity contribution < 1.29 is 9.53 Å². The van der Waals surface area contributed by atoms with Gasteiger partial charge in [-0.25, -0.2) is 0 Å². The zero-order valence-electron chi connectivity index (χ0n) is 21.0. The number of carbonyl (C=O) groups excluding carboxylic acids is 1. The Morgan fingerprint density at radius 2 is 1.84 bits per heavy atom. The molecule has 2 aromatic carbocycles. The van der Waals surface area contributed by atoms with Crippen LogP contribution in [-0.4, -0.2) is 42.7 Å². The molecule has 0 spiro atoms. The summed E-state index contributed by atoms with van der Waals surface area (Å²) in [6, 6.07) is 19.0. The Balaban J connectivity index is 1.50. The van der Waals surface area contributed by atoms with Gasteiger partial charge in [-0.05, 0) is 61.0 Å². The van der Waals surface area contributed by atoms with Gasteiger partial charge in [0.2, 0.25) is 5.91 Å². The lowest BCUT2D eigenvalue weighted by molar-refractivity contribution is -0.121. The number of aliphatic imine (C=N–C) groups is 1. The van der Waals surface area contributed by atoms with E-state index in [4.69, 9.17) is 10.5 Å². The lowest BCUT2D eigenvalue weighted by atomic mass is 9.77. The number of nitrogens with two attached hydrogens (primary N) is 1. The molecule has 4 aromatic rings. The molecular formula is C29H28N6O2. The van der Waals surface area contributed by atoms with E-state index >= 15 is 0 Å². The first-order valence-electron chi connectivity index (χ1n) is 11.9. The fourth-order valence-electron chi connectivity index (χ4n) is 4.40. The number of ether oxygens (including phenoxy) is 1. The van der Waals surface area contributed by atoms with E-state index in [0.717, 1.165) is 28.0 Å². The molecule has 1 amide bonds. The van der Waals surface area contributed by atoms with Crippen molar-refractivity contribution in [2.75, 3.05) is 30.9 Å². The maximum atomic E-state index is 12.9. The predicted octanol–water partition coefficient (Wildman–Crippen LogP) is 4.60. The summed E-state index contributed by atoms with van der Waals surface area (Å²) in [4.78, 5) is 28.2.